The molecule has 0 saturated heterocycles. The molecule has 0 saturated carbocycles. The Morgan fingerprint density at radius 1 is 1.14 bits per heavy atom. The second-order valence-corrected chi connectivity index (χ2v) is 4.22. The highest BCUT2D eigenvalue weighted by atomic mass is 19.4. The SMILES string of the molecule is COc1cc([N+](=O)[O-])ccc1-c1cccc(OC(F)(F)F)c1. The highest BCUT2D eigenvalue weighted by molar-refractivity contribution is 5.73. The van der Waals surface area contributed by atoms with Crippen molar-refractivity contribution in [1.82, 2.24) is 0 Å². The van der Waals surface area contributed by atoms with Crippen molar-refractivity contribution >= 4 is 5.69 Å². The quantitative estimate of drug-likeness (QED) is 0.628. The average Bonchev–Trinajstić information content (AvgIpc) is 2.45. The largest absolute Gasteiger partial charge is 0.573 e. The summed E-state index contributed by atoms with van der Waals surface area (Å²) in [5.41, 5.74) is 0.623. The molecule has 2 aromatic rings. The standard InChI is InChI=1S/C14H10F3NO4/c1-21-13-8-10(18(19)20)5-6-12(13)9-3-2-4-11(7-9)22-14(15,16)17/h2-8H,1H3. The lowest BCUT2D eigenvalue weighted by atomic mass is 10.0. The minimum atomic E-state index is -4.79. The highest BCUT2D eigenvalue weighted by Gasteiger charge is 2.31. The average molecular weight is 313 g/mol. The van der Waals surface area contributed by atoms with E-state index in [9.17, 15) is 23.3 Å². The van der Waals surface area contributed by atoms with Gasteiger partial charge in [-0.05, 0) is 23.8 Å². The van der Waals surface area contributed by atoms with Crippen LogP contribution in [-0.4, -0.2) is 18.4 Å². The van der Waals surface area contributed by atoms with Gasteiger partial charge in [-0.1, -0.05) is 12.1 Å². The maximum absolute atomic E-state index is 12.2. The van der Waals surface area contributed by atoms with Crippen LogP contribution in [0.2, 0.25) is 0 Å². The van der Waals surface area contributed by atoms with E-state index in [2.05, 4.69) is 4.74 Å². The number of nitrogens with zero attached hydrogens (tertiary/aromatic N) is 1. The highest BCUT2D eigenvalue weighted by Crippen LogP contribution is 2.35. The van der Waals surface area contributed by atoms with Crippen LogP contribution in [-0.2, 0) is 0 Å². The number of halogens is 3. The number of ether oxygens (including phenoxy) is 2. The van der Waals surface area contributed by atoms with E-state index in [1.807, 2.05) is 0 Å². The summed E-state index contributed by atoms with van der Waals surface area (Å²) in [6.45, 7) is 0. The number of rotatable bonds is 4. The van der Waals surface area contributed by atoms with Crippen molar-refractivity contribution in [3.05, 3.63) is 52.6 Å². The molecule has 0 aliphatic heterocycles. The van der Waals surface area contributed by atoms with Crippen LogP contribution in [0.1, 0.15) is 0 Å². The third kappa shape index (κ3) is 3.66. The summed E-state index contributed by atoms with van der Waals surface area (Å²) in [5, 5.41) is 10.7. The van der Waals surface area contributed by atoms with Crippen LogP contribution in [0.4, 0.5) is 18.9 Å². The first-order valence-electron chi connectivity index (χ1n) is 5.99. The lowest BCUT2D eigenvalue weighted by molar-refractivity contribution is -0.384. The zero-order valence-electron chi connectivity index (χ0n) is 11.3. The van der Waals surface area contributed by atoms with Gasteiger partial charge >= 0.3 is 6.36 Å². The fourth-order valence-corrected chi connectivity index (χ4v) is 1.89. The van der Waals surface area contributed by atoms with E-state index in [0.717, 1.165) is 6.07 Å². The fraction of sp³-hybridized carbons (Fsp3) is 0.143. The molecule has 0 aliphatic rings. The molecule has 0 aliphatic carbocycles. The predicted octanol–water partition coefficient (Wildman–Crippen LogP) is 4.17. The van der Waals surface area contributed by atoms with Gasteiger partial charge in [-0.25, -0.2) is 0 Å². The summed E-state index contributed by atoms with van der Waals surface area (Å²) < 4.78 is 45.6. The maximum Gasteiger partial charge on any atom is 0.573 e. The third-order valence-electron chi connectivity index (χ3n) is 2.77. The maximum atomic E-state index is 12.2. The van der Waals surface area contributed by atoms with E-state index in [-0.39, 0.29) is 17.2 Å². The fourth-order valence-electron chi connectivity index (χ4n) is 1.89. The van der Waals surface area contributed by atoms with Crippen molar-refractivity contribution in [3.8, 4) is 22.6 Å². The number of alkyl halides is 3. The second kappa shape index (κ2) is 5.92. The molecule has 116 valence electrons. The van der Waals surface area contributed by atoms with Gasteiger partial charge in [0, 0.05) is 11.6 Å². The van der Waals surface area contributed by atoms with Crippen molar-refractivity contribution in [3.63, 3.8) is 0 Å². The lowest BCUT2D eigenvalue weighted by Gasteiger charge is -2.12. The first-order valence-corrected chi connectivity index (χ1v) is 5.99. The molecule has 22 heavy (non-hydrogen) atoms. The molecule has 0 radical (unpaired) electrons. The van der Waals surface area contributed by atoms with Crippen molar-refractivity contribution < 1.29 is 27.6 Å². The van der Waals surface area contributed by atoms with Crippen molar-refractivity contribution in [2.24, 2.45) is 0 Å². The molecular weight excluding hydrogens is 303 g/mol. The van der Waals surface area contributed by atoms with Gasteiger partial charge in [0.05, 0.1) is 18.1 Å². The monoisotopic (exact) mass is 313 g/mol. The Hall–Kier alpha value is -2.77. The van der Waals surface area contributed by atoms with Gasteiger partial charge < -0.3 is 9.47 Å². The van der Waals surface area contributed by atoms with E-state index >= 15 is 0 Å². The molecule has 0 amide bonds. The molecule has 8 heteroatoms. The number of hydrogen-bond acceptors (Lipinski definition) is 4. The number of nitro benzene ring substituents is 1. The Morgan fingerprint density at radius 3 is 2.45 bits per heavy atom. The Labute approximate surface area is 123 Å². The number of nitro groups is 1. The molecule has 0 fully saturated rings. The van der Waals surface area contributed by atoms with E-state index in [1.165, 1.54) is 37.4 Å². The van der Waals surface area contributed by atoms with Gasteiger partial charge in [0.1, 0.15) is 11.5 Å². The van der Waals surface area contributed by atoms with Gasteiger partial charge in [0.2, 0.25) is 0 Å². The van der Waals surface area contributed by atoms with Crippen molar-refractivity contribution in [2.75, 3.05) is 7.11 Å². The number of methoxy groups -OCH3 is 1. The number of non-ortho nitro benzene ring substituents is 1. The summed E-state index contributed by atoms with van der Waals surface area (Å²) in [6, 6.07) is 9.13. The van der Waals surface area contributed by atoms with Gasteiger partial charge in [-0.15, -0.1) is 13.2 Å². The van der Waals surface area contributed by atoms with E-state index in [1.54, 1.807) is 6.07 Å². The van der Waals surface area contributed by atoms with Gasteiger partial charge in [-0.3, -0.25) is 10.1 Å². The van der Waals surface area contributed by atoms with Crippen LogP contribution in [0.15, 0.2) is 42.5 Å². The zero-order chi connectivity index (χ0) is 16.3. The van der Waals surface area contributed by atoms with Crippen LogP contribution >= 0.6 is 0 Å². The Kier molecular flexibility index (Phi) is 4.20. The number of benzene rings is 2. The molecule has 0 heterocycles. The minimum Gasteiger partial charge on any atom is -0.496 e. The molecule has 0 spiro atoms. The topological polar surface area (TPSA) is 61.6 Å². The van der Waals surface area contributed by atoms with Gasteiger partial charge in [0.15, 0.2) is 0 Å². The second-order valence-electron chi connectivity index (χ2n) is 4.22. The predicted molar refractivity (Wildman–Crippen MR) is 71.8 cm³/mol. The summed E-state index contributed by atoms with van der Waals surface area (Å²) in [7, 11) is 1.32. The zero-order valence-corrected chi connectivity index (χ0v) is 11.3. The molecule has 0 unspecified atom stereocenters. The first-order chi connectivity index (χ1) is 10.3. The normalized spacial score (nSPS) is 11.1. The molecule has 2 rings (SSSR count). The Balaban J connectivity index is 2.43. The smallest absolute Gasteiger partial charge is 0.496 e. The summed E-state index contributed by atoms with van der Waals surface area (Å²) in [6.07, 6.45) is -4.79. The van der Waals surface area contributed by atoms with Crippen LogP contribution in [0.25, 0.3) is 11.1 Å². The molecule has 5 nitrogen and oxygen atoms in total. The van der Waals surface area contributed by atoms with Crippen LogP contribution in [0.5, 0.6) is 11.5 Å². The van der Waals surface area contributed by atoms with E-state index < -0.39 is 11.3 Å². The van der Waals surface area contributed by atoms with Crippen LogP contribution < -0.4 is 9.47 Å². The first kappa shape index (κ1) is 15.6. The number of hydrogen-bond donors (Lipinski definition) is 0. The molecule has 0 aromatic heterocycles. The van der Waals surface area contributed by atoms with Crippen LogP contribution in [0, 0.1) is 10.1 Å². The van der Waals surface area contributed by atoms with Crippen molar-refractivity contribution in [1.29, 1.82) is 0 Å². The van der Waals surface area contributed by atoms with Crippen LogP contribution in [0.3, 0.4) is 0 Å². The minimum absolute atomic E-state index is 0.178. The molecule has 2 aromatic carbocycles. The summed E-state index contributed by atoms with van der Waals surface area (Å²) >= 11 is 0. The third-order valence-corrected chi connectivity index (χ3v) is 2.77. The van der Waals surface area contributed by atoms with Gasteiger partial charge in [-0.2, -0.15) is 0 Å². The van der Waals surface area contributed by atoms with Gasteiger partial charge in [0.25, 0.3) is 5.69 Å². The van der Waals surface area contributed by atoms with E-state index in [0.29, 0.717) is 11.1 Å². The van der Waals surface area contributed by atoms with E-state index in [4.69, 9.17) is 4.74 Å². The summed E-state index contributed by atoms with van der Waals surface area (Å²) in [5.74, 6) is -0.205. The molecule has 0 N–H and O–H groups in total. The lowest BCUT2D eigenvalue weighted by Crippen LogP contribution is -2.17. The van der Waals surface area contributed by atoms with Crippen molar-refractivity contribution in [2.45, 2.75) is 6.36 Å². The molecule has 0 atom stereocenters. The molecular formula is C14H10F3NO4. The summed E-state index contributed by atoms with van der Waals surface area (Å²) in [4.78, 5) is 10.1. The Bertz CT molecular complexity index is 701. The Morgan fingerprint density at radius 2 is 1.86 bits per heavy atom. The molecule has 0 bridgehead atoms.